The van der Waals surface area contributed by atoms with Gasteiger partial charge in [-0.15, -0.1) is 0 Å². The Bertz CT molecular complexity index is 563. The molecule has 92 valence electrons. The van der Waals surface area contributed by atoms with Gasteiger partial charge in [0.25, 0.3) is 0 Å². The molecular weight excluding hydrogens is 254 g/mol. The van der Waals surface area contributed by atoms with Crippen molar-refractivity contribution < 1.29 is 9.47 Å². The lowest BCUT2D eigenvalue weighted by molar-refractivity contribution is 0.174. The maximum absolute atomic E-state index is 6.14. The quantitative estimate of drug-likeness (QED) is 0.922. The van der Waals surface area contributed by atoms with E-state index in [4.69, 9.17) is 21.1 Å². The standard InChI is InChI=1S/C12H10ClN3O2/c13-8-2-3-9-12(18-7-17-9)11(8)16-6-10-14-4-1-5-15-10/h1-5,16H,6-7H2. The van der Waals surface area contributed by atoms with E-state index in [1.54, 1.807) is 30.6 Å². The molecule has 1 aromatic carbocycles. The van der Waals surface area contributed by atoms with E-state index in [0.717, 1.165) is 0 Å². The molecule has 0 bridgehead atoms. The SMILES string of the molecule is Clc1ccc2c(c1NCc1ncccn1)OCO2. The Morgan fingerprint density at radius 1 is 1.22 bits per heavy atom. The second-order valence-electron chi connectivity index (χ2n) is 3.67. The largest absolute Gasteiger partial charge is 0.454 e. The van der Waals surface area contributed by atoms with Crippen LogP contribution in [0.4, 0.5) is 5.69 Å². The fourth-order valence-electron chi connectivity index (χ4n) is 1.70. The summed E-state index contributed by atoms with van der Waals surface area (Å²) >= 11 is 6.14. The lowest BCUT2D eigenvalue weighted by Gasteiger charge is -2.10. The smallest absolute Gasteiger partial charge is 0.231 e. The summed E-state index contributed by atoms with van der Waals surface area (Å²) in [5, 5.41) is 3.75. The van der Waals surface area contributed by atoms with Crippen molar-refractivity contribution in [1.82, 2.24) is 9.97 Å². The van der Waals surface area contributed by atoms with Crippen LogP contribution in [0.5, 0.6) is 11.5 Å². The van der Waals surface area contributed by atoms with Gasteiger partial charge in [0.2, 0.25) is 6.79 Å². The molecule has 1 aromatic heterocycles. The van der Waals surface area contributed by atoms with Crippen molar-refractivity contribution in [1.29, 1.82) is 0 Å². The number of aromatic nitrogens is 2. The molecule has 1 N–H and O–H groups in total. The number of hydrogen-bond acceptors (Lipinski definition) is 5. The average Bonchev–Trinajstić information content (AvgIpc) is 2.87. The van der Waals surface area contributed by atoms with Crippen LogP contribution in [0.1, 0.15) is 5.82 Å². The minimum absolute atomic E-state index is 0.214. The molecule has 0 unspecified atom stereocenters. The topological polar surface area (TPSA) is 56.3 Å². The van der Waals surface area contributed by atoms with Gasteiger partial charge in [-0.05, 0) is 18.2 Å². The Morgan fingerprint density at radius 3 is 2.89 bits per heavy atom. The van der Waals surface area contributed by atoms with Gasteiger partial charge in [-0.3, -0.25) is 0 Å². The summed E-state index contributed by atoms with van der Waals surface area (Å²) in [6.07, 6.45) is 3.39. The normalized spacial score (nSPS) is 12.5. The van der Waals surface area contributed by atoms with Crippen molar-refractivity contribution in [2.45, 2.75) is 6.54 Å². The Balaban J connectivity index is 1.83. The van der Waals surface area contributed by atoms with Crippen LogP contribution in [0, 0.1) is 0 Å². The molecule has 0 fully saturated rings. The van der Waals surface area contributed by atoms with Gasteiger partial charge in [0, 0.05) is 12.4 Å². The summed E-state index contributed by atoms with van der Waals surface area (Å²) in [5.41, 5.74) is 0.708. The highest BCUT2D eigenvalue weighted by molar-refractivity contribution is 6.33. The van der Waals surface area contributed by atoms with Gasteiger partial charge in [-0.25, -0.2) is 9.97 Å². The number of fused-ring (bicyclic) bond motifs is 1. The van der Waals surface area contributed by atoms with Crippen LogP contribution in [0.3, 0.4) is 0 Å². The third-order valence-electron chi connectivity index (χ3n) is 2.53. The maximum Gasteiger partial charge on any atom is 0.231 e. The summed E-state index contributed by atoms with van der Waals surface area (Å²) in [6, 6.07) is 5.33. The van der Waals surface area contributed by atoms with Gasteiger partial charge in [0.1, 0.15) is 11.5 Å². The molecule has 0 aliphatic carbocycles. The van der Waals surface area contributed by atoms with E-state index in [1.807, 2.05) is 0 Å². The Kier molecular flexibility index (Phi) is 2.90. The number of ether oxygens (including phenoxy) is 2. The molecule has 0 spiro atoms. The number of rotatable bonds is 3. The first kappa shape index (κ1) is 11.1. The van der Waals surface area contributed by atoms with E-state index >= 15 is 0 Å². The number of anilines is 1. The van der Waals surface area contributed by atoms with Crippen molar-refractivity contribution in [3.8, 4) is 11.5 Å². The lowest BCUT2D eigenvalue weighted by Crippen LogP contribution is -2.04. The van der Waals surface area contributed by atoms with Crippen LogP contribution in [0.2, 0.25) is 5.02 Å². The first-order valence-electron chi connectivity index (χ1n) is 5.42. The summed E-state index contributed by atoms with van der Waals surface area (Å²) in [6.45, 7) is 0.687. The predicted molar refractivity (Wildman–Crippen MR) is 66.9 cm³/mol. The Morgan fingerprint density at radius 2 is 2.06 bits per heavy atom. The lowest BCUT2D eigenvalue weighted by atomic mass is 10.2. The summed E-state index contributed by atoms with van der Waals surface area (Å²) in [5.74, 6) is 2.01. The van der Waals surface area contributed by atoms with Gasteiger partial charge in [0.15, 0.2) is 11.5 Å². The molecule has 1 aliphatic rings. The third-order valence-corrected chi connectivity index (χ3v) is 2.85. The third kappa shape index (κ3) is 2.04. The molecule has 2 heterocycles. The van der Waals surface area contributed by atoms with Crippen molar-refractivity contribution >= 4 is 17.3 Å². The highest BCUT2D eigenvalue weighted by atomic mass is 35.5. The van der Waals surface area contributed by atoms with Crippen molar-refractivity contribution in [3.05, 3.63) is 41.4 Å². The number of nitrogens with one attached hydrogen (secondary N) is 1. The Labute approximate surface area is 109 Å². The van der Waals surface area contributed by atoms with Gasteiger partial charge >= 0.3 is 0 Å². The van der Waals surface area contributed by atoms with E-state index in [0.29, 0.717) is 34.6 Å². The molecule has 1 aliphatic heterocycles. The number of halogens is 1. The van der Waals surface area contributed by atoms with Gasteiger partial charge in [-0.2, -0.15) is 0 Å². The zero-order valence-corrected chi connectivity index (χ0v) is 10.1. The van der Waals surface area contributed by atoms with E-state index < -0.39 is 0 Å². The second kappa shape index (κ2) is 4.70. The summed E-state index contributed by atoms with van der Waals surface area (Å²) < 4.78 is 10.7. The number of benzene rings is 1. The van der Waals surface area contributed by atoms with Crippen LogP contribution in [0.15, 0.2) is 30.6 Å². The van der Waals surface area contributed by atoms with E-state index in [1.165, 1.54) is 0 Å². The minimum Gasteiger partial charge on any atom is -0.454 e. The van der Waals surface area contributed by atoms with Crippen LogP contribution < -0.4 is 14.8 Å². The summed E-state index contributed by atoms with van der Waals surface area (Å²) in [4.78, 5) is 8.26. The Hall–Kier alpha value is -2.01. The minimum atomic E-state index is 0.214. The first-order valence-corrected chi connectivity index (χ1v) is 5.80. The average molecular weight is 264 g/mol. The van der Waals surface area contributed by atoms with Crippen LogP contribution >= 0.6 is 11.6 Å². The van der Waals surface area contributed by atoms with Crippen molar-refractivity contribution in [2.24, 2.45) is 0 Å². The fourth-order valence-corrected chi connectivity index (χ4v) is 1.92. The molecule has 0 atom stereocenters. The van der Waals surface area contributed by atoms with Gasteiger partial charge < -0.3 is 14.8 Å². The predicted octanol–water partition coefficient (Wildman–Crippen LogP) is 2.47. The first-order chi connectivity index (χ1) is 8.84. The zero-order chi connectivity index (χ0) is 12.4. The van der Waals surface area contributed by atoms with E-state index in [2.05, 4.69) is 15.3 Å². The highest BCUT2D eigenvalue weighted by Gasteiger charge is 2.20. The molecule has 2 aromatic rings. The molecule has 5 nitrogen and oxygen atoms in total. The fraction of sp³-hybridized carbons (Fsp3) is 0.167. The van der Waals surface area contributed by atoms with Crippen LogP contribution in [-0.4, -0.2) is 16.8 Å². The molecule has 0 saturated heterocycles. The summed E-state index contributed by atoms with van der Waals surface area (Å²) in [7, 11) is 0. The van der Waals surface area contributed by atoms with Gasteiger partial charge in [0.05, 0.1) is 11.6 Å². The van der Waals surface area contributed by atoms with Crippen LogP contribution in [0.25, 0.3) is 0 Å². The molecular formula is C12H10ClN3O2. The van der Waals surface area contributed by atoms with E-state index in [-0.39, 0.29) is 6.79 Å². The highest BCUT2D eigenvalue weighted by Crippen LogP contribution is 2.43. The molecule has 0 radical (unpaired) electrons. The van der Waals surface area contributed by atoms with Crippen LogP contribution in [-0.2, 0) is 6.54 Å². The monoisotopic (exact) mass is 263 g/mol. The maximum atomic E-state index is 6.14. The zero-order valence-electron chi connectivity index (χ0n) is 9.39. The molecule has 6 heteroatoms. The molecule has 3 rings (SSSR count). The molecule has 0 amide bonds. The van der Waals surface area contributed by atoms with E-state index in [9.17, 15) is 0 Å². The number of hydrogen-bond donors (Lipinski definition) is 1. The molecule has 0 saturated carbocycles. The van der Waals surface area contributed by atoms with Crippen molar-refractivity contribution in [2.75, 3.05) is 12.1 Å². The second-order valence-corrected chi connectivity index (χ2v) is 4.08. The van der Waals surface area contributed by atoms with Crippen molar-refractivity contribution in [3.63, 3.8) is 0 Å². The molecule has 18 heavy (non-hydrogen) atoms. The number of nitrogens with zero attached hydrogens (tertiary/aromatic N) is 2. The van der Waals surface area contributed by atoms with Gasteiger partial charge in [-0.1, -0.05) is 11.6 Å².